The molecule has 1 heterocycles. The Kier molecular flexibility index (Phi) is 6.82. The number of esters is 1. The summed E-state index contributed by atoms with van der Waals surface area (Å²) in [6.45, 7) is 4.32. The number of nitrogens with one attached hydrogen (secondary N) is 1. The quantitative estimate of drug-likeness (QED) is 0.713. The molecule has 2 atom stereocenters. The fraction of sp³-hybridized carbons (Fsp3) is 0.364. The van der Waals surface area contributed by atoms with E-state index in [1.54, 1.807) is 43.3 Å². The first-order valence-corrected chi connectivity index (χ1v) is 9.55. The molecular formula is C22H24FNO5. The summed E-state index contributed by atoms with van der Waals surface area (Å²) >= 11 is 0. The normalized spacial score (nSPS) is 16.9. The molecule has 7 heteroatoms. The fourth-order valence-electron chi connectivity index (χ4n) is 2.85. The molecule has 1 aliphatic heterocycles. The second-order valence-electron chi connectivity index (χ2n) is 6.97. The van der Waals surface area contributed by atoms with Crippen LogP contribution in [0.1, 0.15) is 35.7 Å². The van der Waals surface area contributed by atoms with Crippen LogP contribution >= 0.6 is 0 Å². The van der Waals surface area contributed by atoms with E-state index >= 15 is 0 Å². The average molecular weight is 401 g/mol. The van der Waals surface area contributed by atoms with Gasteiger partial charge >= 0.3 is 5.97 Å². The van der Waals surface area contributed by atoms with Crippen molar-refractivity contribution in [1.29, 1.82) is 0 Å². The Hall–Kier alpha value is -2.93. The van der Waals surface area contributed by atoms with E-state index in [1.807, 2.05) is 0 Å². The molecule has 3 rings (SSSR count). The predicted octanol–water partition coefficient (Wildman–Crippen LogP) is 3.88. The van der Waals surface area contributed by atoms with Crippen LogP contribution in [0.15, 0.2) is 42.5 Å². The zero-order chi connectivity index (χ0) is 20.8. The number of amides is 1. The van der Waals surface area contributed by atoms with E-state index in [4.69, 9.17) is 14.2 Å². The molecule has 0 bridgehead atoms. The molecule has 0 unspecified atom stereocenters. The molecule has 0 aliphatic carbocycles. The molecule has 1 aliphatic rings. The van der Waals surface area contributed by atoms with E-state index in [9.17, 15) is 14.0 Å². The number of halogens is 1. The van der Waals surface area contributed by atoms with Gasteiger partial charge in [-0.3, -0.25) is 4.79 Å². The van der Waals surface area contributed by atoms with Gasteiger partial charge in [-0.2, -0.15) is 0 Å². The van der Waals surface area contributed by atoms with E-state index < -0.39 is 23.8 Å². The lowest BCUT2D eigenvalue weighted by Crippen LogP contribution is -2.30. The van der Waals surface area contributed by atoms with Crippen LogP contribution in [0.3, 0.4) is 0 Å². The molecule has 0 radical (unpaired) electrons. The topological polar surface area (TPSA) is 73.9 Å². The van der Waals surface area contributed by atoms with Gasteiger partial charge in [0.15, 0.2) is 6.10 Å². The van der Waals surface area contributed by atoms with Gasteiger partial charge in [0.2, 0.25) is 0 Å². The van der Waals surface area contributed by atoms with Crippen molar-refractivity contribution in [3.05, 3.63) is 59.4 Å². The number of hydrogen-bond acceptors (Lipinski definition) is 5. The molecule has 0 saturated carbocycles. The van der Waals surface area contributed by atoms with Crippen molar-refractivity contribution in [1.82, 2.24) is 0 Å². The van der Waals surface area contributed by atoms with Gasteiger partial charge in [0, 0.05) is 12.3 Å². The number of benzene rings is 2. The first-order valence-electron chi connectivity index (χ1n) is 9.55. The molecule has 2 aromatic carbocycles. The van der Waals surface area contributed by atoms with Crippen molar-refractivity contribution in [2.24, 2.45) is 0 Å². The third kappa shape index (κ3) is 5.77. The summed E-state index contributed by atoms with van der Waals surface area (Å²) in [6, 6.07) is 10.9. The Balaban J connectivity index is 1.50. The van der Waals surface area contributed by atoms with Gasteiger partial charge in [0.1, 0.15) is 18.2 Å². The minimum Gasteiger partial charge on any atom is -0.491 e. The molecule has 2 aromatic rings. The monoisotopic (exact) mass is 401 g/mol. The minimum absolute atomic E-state index is 0.112. The molecule has 0 spiro atoms. The summed E-state index contributed by atoms with van der Waals surface area (Å²) in [7, 11) is 0. The van der Waals surface area contributed by atoms with Crippen molar-refractivity contribution in [2.75, 3.05) is 18.5 Å². The molecule has 1 amide bonds. The van der Waals surface area contributed by atoms with Crippen molar-refractivity contribution >= 4 is 17.6 Å². The van der Waals surface area contributed by atoms with Gasteiger partial charge in [-0.25, -0.2) is 9.18 Å². The fourth-order valence-corrected chi connectivity index (χ4v) is 2.85. The van der Waals surface area contributed by atoms with Crippen molar-refractivity contribution in [3.8, 4) is 5.75 Å². The van der Waals surface area contributed by atoms with Crippen LogP contribution in [0, 0.1) is 12.7 Å². The van der Waals surface area contributed by atoms with E-state index in [1.165, 1.54) is 13.0 Å². The highest BCUT2D eigenvalue weighted by atomic mass is 19.1. The van der Waals surface area contributed by atoms with Crippen LogP contribution in [0.25, 0.3) is 0 Å². The van der Waals surface area contributed by atoms with Gasteiger partial charge in [-0.15, -0.1) is 0 Å². The van der Waals surface area contributed by atoms with Crippen molar-refractivity contribution < 1.29 is 28.2 Å². The number of ether oxygens (including phenoxy) is 3. The van der Waals surface area contributed by atoms with E-state index in [2.05, 4.69) is 5.32 Å². The molecule has 1 saturated heterocycles. The number of rotatable bonds is 7. The SMILES string of the molecule is Cc1ccc(NC(=O)[C@@H](C)OC(=O)c2ccc(OC[C@@H]3CCCO3)cc2)cc1F. The highest BCUT2D eigenvalue weighted by Gasteiger charge is 2.20. The van der Waals surface area contributed by atoms with E-state index in [-0.39, 0.29) is 6.10 Å². The maximum absolute atomic E-state index is 13.6. The number of carbonyl (C=O) groups excluding carboxylic acids is 2. The lowest BCUT2D eigenvalue weighted by Gasteiger charge is -2.14. The molecule has 1 fully saturated rings. The largest absolute Gasteiger partial charge is 0.491 e. The van der Waals surface area contributed by atoms with Crippen molar-refractivity contribution in [2.45, 2.75) is 38.9 Å². The first-order chi connectivity index (χ1) is 13.9. The molecule has 154 valence electrons. The maximum atomic E-state index is 13.6. The zero-order valence-corrected chi connectivity index (χ0v) is 16.4. The number of anilines is 1. The highest BCUT2D eigenvalue weighted by Crippen LogP contribution is 2.18. The van der Waals surface area contributed by atoms with Gasteiger partial charge < -0.3 is 19.5 Å². The molecular weight excluding hydrogens is 377 g/mol. The second kappa shape index (κ2) is 9.52. The molecule has 29 heavy (non-hydrogen) atoms. The predicted molar refractivity (Wildman–Crippen MR) is 106 cm³/mol. The average Bonchev–Trinajstić information content (AvgIpc) is 3.23. The van der Waals surface area contributed by atoms with Gasteiger partial charge in [0.05, 0.1) is 11.7 Å². The standard InChI is InChI=1S/C22H24FNO5/c1-14-5-8-17(12-20(14)23)24-21(25)15(2)29-22(26)16-6-9-18(10-7-16)28-13-19-4-3-11-27-19/h5-10,12,15,19H,3-4,11,13H2,1-2H3,(H,24,25)/t15-,19+/m1/s1. The van der Waals surface area contributed by atoms with Gasteiger partial charge in [-0.1, -0.05) is 6.07 Å². The van der Waals surface area contributed by atoms with E-state index in [0.29, 0.717) is 29.2 Å². The maximum Gasteiger partial charge on any atom is 0.338 e. The van der Waals surface area contributed by atoms with Gasteiger partial charge in [-0.05, 0) is 68.7 Å². The Morgan fingerprint density at radius 2 is 2.00 bits per heavy atom. The second-order valence-corrected chi connectivity index (χ2v) is 6.97. The molecule has 6 nitrogen and oxygen atoms in total. The van der Waals surface area contributed by atoms with Crippen LogP contribution < -0.4 is 10.1 Å². The van der Waals surface area contributed by atoms with Gasteiger partial charge in [0.25, 0.3) is 5.91 Å². The van der Waals surface area contributed by atoms with Crippen LogP contribution in [-0.4, -0.2) is 37.3 Å². The van der Waals surface area contributed by atoms with E-state index in [0.717, 1.165) is 19.4 Å². The lowest BCUT2D eigenvalue weighted by molar-refractivity contribution is -0.123. The Labute approximate surface area is 169 Å². The number of hydrogen-bond donors (Lipinski definition) is 1. The highest BCUT2D eigenvalue weighted by molar-refractivity contribution is 5.97. The zero-order valence-electron chi connectivity index (χ0n) is 16.4. The van der Waals surface area contributed by atoms with Crippen LogP contribution in [-0.2, 0) is 14.3 Å². The Morgan fingerprint density at radius 3 is 2.66 bits per heavy atom. The Morgan fingerprint density at radius 1 is 1.24 bits per heavy atom. The molecule has 0 aromatic heterocycles. The summed E-state index contributed by atoms with van der Waals surface area (Å²) in [5.41, 5.74) is 1.08. The summed E-state index contributed by atoms with van der Waals surface area (Å²) in [5.74, 6) is -0.968. The smallest absolute Gasteiger partial charge is 0.338 e. The third-order valence-corrected chi connectivity index (χ3v) is 4.64. The summed E-state index contributed by atoms with van der Waals surface area (Å²) in [5, 5.41) is 2.53. The van der Waals surface area contributed by atoms with Crippen molar-refractivity contribution in [3.63, 3.8) is 0 Å². The summed E-state index contributed by atoms with van der Waals surface area (Å²) in [4.78, 5) is 24.5. The Bertz CT molecular complexity index is 862. The lowest BCUT2D eigenvalue weighted by atomic mass is 10.2. The minimum atomic E-state index is -1.04. The first kappa shape index (κ1) is 20.8. The third-order valence-electron chi connectivity index (χ3n) is 4.64. The number of carbonyl (C=O) groups is 2. The summed E-state index contributed by atoms with van der Waals surface area (Å²) < 4.78 is 29.9. The summed E-state index contributed by atoms with van der Waals surface area (Å²) in [6.07, 6.45) is 1.10. The van der Waals surface area contributed by atoms with Crippen LogP contribution in [0.4, 0.5) is 10.1 Å². The van der Waals surface area contributed by atoms with Crippen LogP contribution in [0.5, 0.6) is 5.75 Å². The van der Waals surface area contributed by atoms with Crippen LogP contribution in [0.2, 0.25) is 0 Å². The molecule has 1 N–H and O–H groups in total. The number of aryl methyl sites for hydroxylation is 1.